The molecular weight excluding hydrogens is 326 g/mol. The van der Waals surface area contributed by atoms with Gasteiger partial charge in [0.05, 0.1) is 6.54 Å². The van der Waals surface area contributed by atoms with Gasteiger partial charge in [-0.05, 0) is 29.7 Å². The molecule has 0 saturated carbocycles. The third-order valence-electron chi connectivity index (χ3n) is 3.37. The van der Waals surface area contributed by atoms with Gasteiger partial charge in [0, 0.05) is 12.6 Å². The van der Waals surface area contributed by atoms with Gasteiger partial charge in [-0.15, -0.1) is 0 Å². The second-order valence-electron chi connectivity index (χ2n) is 5.29. The Hall–Kier alpha value is -2.51. The Labute approximate surface area is 135 Å². The van der Waals surface area contributed by atoms with E-state index in [1.807, 2.05) is 0 Å². The van der Waals surface area contributed by atoms with Gasteiger partial charge in [0.2, 0.25) is 5.91 Å². The summed E-state index contributed by atoms with van der Waals surface area (Å²) < 4.78 is 50.5. The van der Waals surface area contributed by atoms with Crippen molar-refractivity contribution >= 4 is 5.91 Å². The molecule has 128 valence electrons. The van der Waals surface area contributed by atoms with E-state index in [2.05, 4.69) is 15.3 Å². The standard InChI is InChI=1S/C16H15F4N3O/c1-10(11-2-4-12(17)5-3-11)8-15(24)22-9-14-21-7-6-13(23-14)16(18,19)20/h2-7,10H,8-9H2,1H3,(H,22,24)/t10-/m1/s1. The van der Waals surface area contributed by atoms with Crippen LogP contribution in [0.4, 0.5) is 17.6 Å². The van der Waals surface area contributed by atoms with E-state index < -0.39 is 11.9 Å². The highest BCUT2D eigenvalue weighted by molar-refractivity contribution is 5.76. The molecule has 0 spiro atoms. The van der Waals surface area contributed by atoms with Crippen molar-refractivity contribution in [3.63, 3.8) is 0 Å². The molecule has 4 nitrogen and oxygen atoms in total. The number of aromatic nitrogens is 2. The van der Waals surface area contributed by atoms with Gasteiger partial charge in [0.15, 0.2) is 0 Å². The molecule has 0 saturated heterocycles. The number of halogens is 4. The number of rotatable bonds is 5. The summed E-state index contributed by atoms with van der Waals surface area (Å²) in [5.41, 5.74) is -0.261. The minimum Gasteiger partial charge on any atom is -0.349 e. The van der Waals surface area contributed by atoms with E-state index in [1.165, 1.54) is 12.1 Å². The summed E-state index contributed by atoms with van der Waals surface area (Å²) in [6.07, 6.45) is -3.44. The fraction of sp³-hybridized carbons (Fsp3) is 0.312. The van der Waals surface area contributed by atoms with Crippen molar-refractivity contribution < 1.29 is 22.4 Å². The predicted molar refractivity (Wildman–Crippen MR) is 78.3 cm³/mol. The van der Waals surface area contributed by atoms with Gasteiger partial charge in [-0.3, -0.25) is 4.79 Å². The van der Waals surface area contributed by atoms with Crippen LogP contribution in [0.2, 0.25) is 0 Å². The van der Waals surface area contributed by atoms with Crippen molar-refractivity contribution in [2.24, 2.45) is 0 Å². The lowest BCUT2D eigenvalue weighted by atomic mass is 9.97. The van der Waals surface area contributed by atoms with Gasteiger partial charge in [0.25, 0.3) is 0 Å². The van der Waals surface area contributed by atoms with E-state index in [0.29, 0.717) is 0 Å². The average Bonchev–Trinajstić information content (AvgIpc) is 2.53. The summed E-state index contributed by atoms with van der Waals surface area (Å²) in [7, 11) is 0. The third kappa shape index (κ3) is 5.00. The number of nitrogens with one attached hydrogen (secondary N) is 1. The summed E-state index contributed by atoms with van der Waals surface area (Å²) in [4.78, 5) is 19.0. The van der Waals surface area contributed by atoms with Crippen molar-refractivity contribution in [2.45, 2.75) is 32.0 Å². The molecule has 1 atom stereocenters. The zero-order valence-corrected chi connectivity index (χ0v) is 12.8. The smallest absolute Gasteiger partial charge is 0.349 e. The number of carbonyl (C=O) groups excluding carboxylic acids is 1. The number of benzene rings is 1. The van der Waals surface area contributed by atoms with Crippen molar-refractivity contribution in [1.82, 2.24) is 15.3 Å². The average molecular weight is 341 g/mol. The molecule has 1 aromatic carbocycles. The van der Waals surface area contributed by atoms with Gasteiger partial charge in [-0.1, -0.05) is 19.1 Å². The van der Waals surface area contributed by atoms with Gasteiger partial charge in [-0.25, -0.2) is 14.4 Å². The summed E-state index contributed by atoms with van der Waals surface area (Å²) in [6.45, 7) is 1.60. The molecular formula is C16H15F4N3O. The molecule has 1 amide bonds. The lowest BCUT2D eigenvalue weighted by Gasteiger charge is -2.12. The molecule has 24 heavy (non-hydrogen) atoms. The first-order valence-electron chi connectivity index (χ1n) is 7.17. The summed E-state index contributed by atoms with van der Waals surface area (Å²) >= 11 is 0. The fourth-order valence-corrected chi connectivity index (χ4v) is 2.08. The molecule has 8 heteroatoms. The van der Waals surface area contributed by atoms with Crippen molar-refractivity contribution in [3.8, 4) is 0 Å². The first kappa shape index (κ1) is 17.8. The first-order valence-corrected chi connectivity index (χ1v) is 7.17. The highest BCUT2D eigenvalue weighted by Gasteiger charge is 2.32. The fourth-order valence-electron chi connectivity index (χ4n) is 2.08. The van der Waals surface area contributed by atoms with Crippen LogP contribution in [0.5, 0.6) is 0 Å². The number of hydrogen-bond acceptors (Lipinski definition) is 3. The molecule has 0 radical (unpaired) electrons. The quantitative estimate of drug-likeness (QED) is 0.848. The molecule has 0 aliphatic heterocycles. The number of amides is 1. The maximum Gasteiger partial charge on any atom is 0.433 e. The zero-order valence-electron chi connectivity index (χ0n) is 12.8. The van der Waals surface area contributed by atoms with Crippen molar-refractivity contribution in [1.29, 1.82) is 0 Å². The molecule has 2 aromatic rings. The van der Waals surface area contributed by atoms with Crippen LogP contribution in [0.1, 0.15) is 36.3 Å². The predicted octanol–water partition coefficient (Wildman–Crippen LogP) is 3.44. The van der Waals surface area contributed by atoms with Crippen molar-refractivity contribution in [2.75, 3.05) is 0 Å². The Morgan fingerprint density at radius 2 is 1.88 bits per heavy atom. The Morgan fingerprint density at radius 1 is 1.21 bits per heavy atom. The largest absolute Gasteiger partial charge is 0.433 e. The van der Waals surface area contributed by atoms with Crippen LogP contribution in [-0.2, 0) is 17.5 Å². The molecule has 1 N–H and O–H groups in total. The molecule has 0 aliphatic rings. The van der Waals surface area contributed by atoms with Gasteiger partial charge in [0.1, 0.15) is 17.3 Å². The highest BCUT2D eigenvalue weighted by Crippen LogP contribution is 2.26. The van der Waals surface area contributed by atoms with E-state index in [4.69, 9.17) is 0 Å². The monoisotopic (exact) mass is 341 g/mol. The normalized spacial score (nSPS) is 12.7. The van der Waals surface area contributed by atoms with E-state index >= 15 is 0 Å². The SMILES string of the molecule is C[C@H](CC(=O)NCc1nccc(C(F)(F)F)n1)c1ccc(F)cc1. The molecule has 2 rings (SSSR count). The van der Waals surface area contributed by atoms with E-state index in [-0.39, 0.29) is 36.4 Å². The van der Waals surface area contributed by atoms with Crippen LogP contribution in [0, 0.1) is 5.82 Å². The van der Waals surface area contributed by atoms with Crippen LogP contribution >= 0.6 is 0 Å². The summed E-state index contributed by atoms with van der Waals surface area (Å²) in [6, 6.07) is 6.55. The molecule has 0 unspecified atom stereocenters. The van der Waals surface area contributed by atoms with Crippen LogP contribution in [-0.4, -0.2) is 15.9 Å². The van der Waals surface area contributed by atoms with Gasteiger partial charge >= 0.3 is 6.18 Å². The molecule has 0 bridgehead atoms. The lowest BCUT2D eigenvalue weighted by molar-refractivity contribution is -0.141. The highest BCUT2D eigenvalue weighted by atomic mass is 19.4. The number of alkyl halides is 3. The second kappa shape index (κ2) is 7.37. The van der Waals surface area contributed by atoms with Gasteiger partial charge < -0.3 is 5.32 Å². The minimum absolute atomic E-state index is 0.116. The maximum absolute atomic E-state index is 12.9. The number of hydrogen-bond donors (Lipinski definition) is 1. The Kier molecular flexibility index (Phi) is 5.48. The third-order valence-corrected chi connectivity index (χ3v) is 3.37. The van der Waals surface area contributed by atoms with Crippen LogP contribution in [0.3, 0.4) is 0 Å². The topological polar surface area (TPSA) is 54.9 Å². The number of nitrogens with zero attached hydrogens (tertiary/aromatic N) is 2. The summed E-state index contributed by atoms with van der Waals surface area (Å²) in [5.74, 6) is -0.995. The maximum atomic E-state index is 12.9. The Morgan fingerprint density at radius 3 is 2.50 bits per heavy atom. The number of carbonyl (C=O) groups is 1. The molecule has 0 aliphatic carbocycles. The Balaban J connectivity index is 1.90. The molecule has 1 heterocycles. The van der Waals surface area contributed by atoms with E-state index in [9.17, 15) is 22.4 Å². The van der Waals surface area contributed by atoms with E-state index in [1.54, 1.807) is 19.1 Å². The zero-order chi connectivity index (χ0) is 17.7. The van der Waals surface area contributed by atoms with E-state index in [0.717, 1.165) is 17.8 Å². The lowest BCUT2D eigenvalue weighted by Crippen LogP contribution is -2.25. The molecule has 1 aromatic heterocycles. The van der Waals surface area contributed by atoms with Crippen molar-refractivity contribution in [3.05, 3.63) is 59.4 Å². The molecule has 0 fully saturated rings. The summed E-state index contributed by atoms with van der Waals surface area (Å²) in [5, 5.41) is 2.48. The van der Waals surface area contributed by atoms with Crippen LogP contribution in [0.15, 0.2) is 36.5 Å². The first-order chi connectivity index (χ1) is 11.3. The van der Waals surface area contributed by atoms with Gasteiger partial charge in [-0.2, -0.15) is 13.2 Å². The minimum atomic E-state index is -4.56. The second-order valence-corrected chi connectivity index (χ2v) is 5.29. The Bertz CT molecular complexity index is 701. The van der Waals surface area contributed by atoms with Crippen LogP contribution in [0.25, 0.3) is 0 Å². The van der Waals surface area contributed by atoms with Crippen LogP contribution < -0.4 is 5.32 Å².